The zero-order chi connectivity index (χ0) is 18.3. The number of hydrogen-bond donors (Lipinski definition) is 2. The van der Waals surface area contributed by atoms with Crippen LogP contribution in [0.15, 0.2) is 17.0 Å². The Balaban J connectivity index is 2.61. The summed E-state index contributed by atoms with van der Waals surface area (Å²) in [6.07, 6.45) is -3.77. The van der Waals surface area contributed by atoms with Gasteiger partial charge in [0.1, 0.15) is 18.5 Å². The smallest absolute Gasteiger partial charge is 0.492 e. The van der Waals surface area contributed by atoms with Crippen LogP contribution in [0.25, 0.3) is 0 Å². The highest BCUT2D eigenvalue weighted by molar-refractivity contribution is 7.92. The monoisotopic (exact) mass is 375 g/mol. The third-order valence-electron chi connectivity index (χ3n) is 3.56. The van der Waals surface area contributed by atoms with Gasteiger partial charge in [-0.15, -0.1) is 0 Å². The number of rotatable bonds is 5. The minimum absolute atomic E-state index is 0.0238. The fraction of sp³-hybridized carbons (Fsp3) is 0.538. The lowest BCUT2D eigenvalue weighted by atomic mass is 10.1. The van der Waals surface area contributed by atoms with Crippen molar-refractivity contribution in [3.63, 3.8) is 0 Å². The first-order valence-electron chi connectivity index (χ1n) is 6.74. The molecule has 0 saturated carbocycles. The summed E-state index contributed by atoms with van der Waals surface area (Å²) >= 11 is 0. The highest BCUT2D eigenvalue weighted by Crippen LogP contribution is 2.50. The van der Waals surface area contributed by atoms with Crippen molar-refractivity contribution in [2.75, 3.05) is 20.2 Å². The molecular formula is C13H14F5NO4S. The molecule has 0 spiro atoms. The maximum Gasteiger partial charge on any atom is 0.501 e. The molecule has 1 atom stereocenters. The molecule has 24 heavy (non-hydrogen) atoms. The van der Waals surface area contributed by atoms with E-state index in [1.807, 2.05) is 0 Å². The Morgan fingerprint density at radius 3 is 2.54 bits per heavy atom. The van der Waals surface area contributed by atoms with Gasteiger partial charge < -0.3 is 15.2 Å². The van der Waals surface area contributed by atoms with Gasteiger partial charge in [-0.1, -0.05) is 0 Å². The van der Waals surface area contributed by atoms with E-state index in [0.717, 1.165) is 6.07 Å². The van der Waals surface area contributed by atoms with E-state index in [1.165, 1.54) is 0 Å². The molecule has 1 unspecified atom stereocenters. The number of likely N-dealkylation sites (N-methyl/N-ethyl adjacent to an activating group) is 1. The first-order valence-corrected chi connectivity index (χ1v) is 8.22. The van der Waals surface area contributed by atoms with Gasteiger partial charge in [-0.3, -0.25) is 0 Å². The fourth-order valence-corrected chi connectivity index (χ4v) is 3.43. The minimum atomic E-state index is -5.89. The van der Waals surface area contributed by atoms with Crippen molar-refractivity contribution in [3.05, 3.63) is 23.3 Å². The average molecular weight is 375 g/mol. The predicted molar refractivity (Wildman–Crippen MR) is 72.7 cm³/mol. The van der Waals surface area contributed by atoms with E-state index in [2.05, 4.69) is 5.32 Å². The summed E-state index contributed by atoms with van der Waals surface area (Å²) < 4.78 is 94.2. The lowest BCUT2D eigenvalue weighted by molar-refractivity contribution is -0.0978. The highest BCUT2D eigenvalue weighted by atomic mass is 32.2. The predicted octanol–water partition coefficient (Wildman–Crippen LogP) is 1.80. The number of benzene rings is 1. The first-order chi connectivity index (χ1) is 10.9. The zero-order valence-corrected chi connectivity index (χ0v) is 13.1. The number of halogens is 5. The van der Waals surface area contributed by atoms with E-state index < -0.39 is 49.8 Å². The van der Waals surface area contributed by atoms with E-state index in [-0.39, 0.29) is 12.4 Å². The van der Waals surface area contributed by atoms with Crippen LogP contribution >= 0.6 is 0 Å². The van der Waals surface area contributed by atoms with E-state index in [9.17, 15) is 35.5 Å². The number of alkyl halides is 5. The summed E-state index contributed by atoms with van der Waals surface area (Å²) in [7, 11) is -4.29. The number of sulfone groups is 1. The Kier molecular flexibility index (Phi) is 4.81. The van der Waals surface area contributed by atoms with E-state index in [0.29, 0.717) is 12.6 Å². The first kappa shape index (κ1) is 18.9. The fourth-order valence-electron chi connectivity index (χ4n) is 2.41. The van der Waals surface area contributed by atoms with Crippen molar-refractivity contribution in [2.24, 2.45) is 0 Å². The van der Waals surface area contributed by atoms with Gasteiger partial charge in [0.05, 0.1) is 4.90 Å². The molecular weight excluding hydrogens is 361 g/mol. The van der Waals surface area contributed by atoms with Crippen LogP contribution in [-0.4, -0.2) is 45.2 Å². The van der Waals surface area contributed by atoms with Crippen LogP contribution in [-0.2, 0) is 16.3 Å². The second-order valence-electron chi connectivity index (χ2n) is 5.20. The summed E-state index contributed by atoms with van der Waals surface area (Å²) in [5.74, 6) is -3.97. The van der Waals surface area contributed by atoms with Crippen LogP contribution < -0.4 is 10.1 Å². The van der Waals surface area contributed by atoms with Crippen LogP contribution in [0.4, 0.5) is 22.0 Å². The normalized spacial score (nSPS) is 20.0. The van der Waals surface area contributed by atoms with Crippen LogP contribution in [0.2, 0.25) is 0 Å². The Morgan fingerprint density at radius 1 is 1.38 bits per heavy atom. The van der Waals surface area contributed by atoms with Crippen molar-refractivity contribution in [3.8, 4) is 5.75 Å². The second kappa shape index (κ2) is 6.12. The van der Waals surface area contributed by atoms with E-state index in [4.69, 9.17) is 4.74 Å². The number of aliphatic hydroxyl groups is 1. The van der Waals surface area contributed by atoms with Gasteiger partial charge in [0.25, 0.3) is 15.8 Å². The molecule has 136 valence electrons. The topological polar surface area (TPSA) is 75.6 Å². The van der Waals surface area contributed by atoms with E-state index in [1.54, 1.807) is 7.05 Å². The molecule has 1 aromatic rings. The number of hydrogen-bond acceptors (Lipinski definition) is 5. The van der Waals surface area contributed by atoms with Crippen molar-refractivity contribution in [1.29, 1.82) is 0 Å². The largest absolute Gasteiger partial charge is 0.501 e. The molecule has 2 rings (SSSR count). The molecule has 0 saturated heterocycles. The molecule has 0 aromatic heterocycles. The Bertz CT molecular complexity index is 733. The van der Waals surface area contributed by atoms with Crippen molar-refractivity contribution < 1.29 is 40.2 Å². The maximum atomic E-state index is 13.8. The van der Waals surface area contributed by atoms with Gasteiger partial charge in [-0.25, -0.2) is 17.2 Å². The maximum absolute atomic E-state index is 13.8. The minimum Gasteiger partial charge on any atom is -0.492 e. The second-order valence-corrected chi connectivity index (χ2v) is 7.11. The molecule has 1 aromatic carbocycles. The van der Waals surface area contributed by atoms with Crippen molar-refractivity contribution in [2.45, 2.75) is 28.9 Å². The van der Waals surface area contributed by atoms with Gasteiger partial charge >= 0.3 is 5.51 Å². The molecule has 0 fully saturated rings. The van der Waals surface area contributed by atoms with Gasteiger partial charge in [0.2, 0.25) is 0 Å². The van der Waals surface area contributed by atoms with Crippen LogP contribution in [0, 0.1) is 0 Å². The summed E-state index contributed by atoms with van der Waals surface area (Å²) in [4.78, 5) is -1.38. The van der Waals surface area contributed by atoms with Crippen LogP contribution in [0.3, 0.4) is 0 Å². The molecule has 5 nitrogen and oxygen atoms in total. The summed E-state index contributed by atoms with van der Waals surface area (Å²) in [6, 6.07) is 1.42. The molecule has 1 aliphatic carbocycles. The van der Waals surface area contributed by atoms with Gasteiger partial charge in [-0.05, 0) is 19.2 Å². The van der Waals surface area contributed by atoms with Crippen molar-refractivity contribution >= 4 is 9.84 Å². The molecule has 0 radical (unpaired) electrons. The third kappa shape index (κ3) is 3.07. The summed E-state index contributed by atoms with van der Waals surface area (Å²) in [5, 5.41) is 12.4. The van der Waals surface area contributed by atoms with Crippen molar-refractivity contribution in [1.82, 2.24) is 5.32 Å². The third-order valence-corrected chi connectivity index (χ3v) is 5.11. The Labute approximate surface area is 134 Å². The molecule has 0 aliphatic heterocycles. The highest BCUT2D eigenvalue weighted by Gasteiger charge is 2.55. The molecule has 0 heterocycles. The molecule has 2 N–H and O–H groups in total. The molecule has 0 bridgehead atoms. The van der Waals surface area contributed by atoms with E-state index >= 15 is 0 Å². The molecule has 11 heteroatoms. The molecule has 0 amide bonds. The van der Waals surface area contributed by atoms with Gasteiger partial charge in [0.15, 0.2) is 0 Å². The summed E-state index contributed by atoms with van der Waals surface area (Å²) in [6.45, 7) is 0.353. The number of aliphatic hydroxyl groups excluding tert-OH is 1. The molecule has 1 aliphatic rings. The quantitative estimate of drug-likeness (QED) is 0.606. The number of ether oxygens (including phenoxy) is 1. The standard InChI is InChI=1S/C13H14F5NO4S/c1-19-4-5-23-8-2-3-9(24(21,22)13(16,17)18)10-7(8)6-12(14,15)11(10)20/h2-3,11,19-20H,4-6H2,1H3. The van der Waals surface area contributed by atoms with Gasteiger partial charge in [0, 0.05) is 24.1 Å². The van der Waals surface area contributed by atoms with Gasteiger partial charge in [-0.2, -0.15) is 13.2 Å². The van der Waals surface area contributed by atoms with Crippen LogP contribution in [0.1, 0.15) is 17.2 Å². The average Bonchev–Trinajstić information content (AvgIpc) is 2.69. The lowest BCUT2D eigenvalue weighted by Gasteiger charge is -2.17. The number of nitrogens with one attached hydrogen (secondary N) is 1. The Morgan fingerprint density at radius 2 is 2.00 bits per heavy atom. The lowest BCUT2D eigenvalue weighted by Crippen LogP contribution is -2.26. The zero-order valence-electron chi connectivity index (χ0n) is 12.3. The van der Waals surface area contributed by atoms with Crippen LogP contribution in [0.5, 0.6) is 5.75 Å². The number of fused-ring (bicyclic) bond motifs is 1. The Hall–Kier alpha value is -1.46. The SMILES string of the molecule is CNCCOc1ccc(S(=O)(=O)C(F)(F)F)c2c1CC(F)(F)C2O. The summed E-state index contributed by atoms with van der Waals surface area (Å²) in [5.41, 5.74) is -7.07.